The molecule has 0 saturated heterocycles. The molecule has 0 bridgehead atoms. The van der Waals surface area contributed by atoms with Gasteiger partial charge in [-0.3, -0.25) is 0 Å². The van der Waals surface area contributed by atoms with E-state index in [1.165, 1.54) is 11.8 Å². The summed E-state index contributed by atoms with van der Waals surface area (Å²) >= 11 is 1.40. The van der Waals surface area contributed by atoms with E-state index in [4.69, 9.17) is 0 Å². The molecule has 2 aromatic rings. The first-order chi connectivity index (χ1) is 12.1. The van der Waals surface area contributed by atoms with Gasteiger partial charge in [-0.1, -0.05) is 54.6 Å². The number of thioether (sulfide) groups is 1. The number of amidine groups is 1. The zero-order valence-corrected chi connectivity index (χ0v) is 14.4. The maximum Gasteiger partial charge on any atom is 0.386 e. The molecular formula is C19H19F2N2OS+. The van der Waals surface area contributed by atoms with E-state index in [2.05, 4.69) is 0 Å². The summed E-state index contributed by atoms with van der Waals surface area (Å²) in [6, 6.07) is 17.1. The second kappa shape index (κ2) is 6.42. The summed E-state index contributed by atoms with van der Waals surface area (Å²) in [7, 11) is 0. The van der Waals surface area contributed by atoms with Crippen LogP contribution in [-0.2, 0) is 5.72 Å². The molecule has 0 unspecified atom stereocenters. The smallest absolute Gasteiger partial charge is 0.346 e. The molecule has 2 aliphatic heterocycles. The summed E-state index contributed by atoms with van der Waals surface area (Å²) in [5.41, 5.74) is 0.848. The van der Waals surface area contributed by atoms with Crippen LogP contribution in [0.2, 0.25) is 0 Å². The third-order valence-electron chi connectivity index (χ3n) is 4.74. The third kappa shape index (κ3) is 2.83. The maximum atomic E-state index is 13.7. The average Bonchev–Trinajstić information content (AvgIpc) is 2.96. The van der Waals surface area contributed by atoms with Gasteiger partial charge in [-0.05, 0) is 29.3 Å². The van der Waals surface area contributed by atoms with E-state index >= 15 is 0 Å². The van der Waals surface area contributed by atoms with Gasteiger partial charge in [0.1, 0.15) is 0 Å². The Bertz CT molecular complexity index is 795. The van der Waals surface area contributed by atoms with Crippen molar-refractivity contribution in [1.82, 2.24) is 4.90 Å². The molecule has 0 aromatic heterocycles. The first-order valence-corrected chi connectivity index (χ1v) is 9.29. The zero-order valence-electron chi connectivity index (χ0n) is 13.6. The lowest BCUT2D eigenvalue weighted by molar-refractivity contribution is -0.533. The molecule has 1 atom stereocenters. The van der Waals surface area contributed by atoms with Crippen LogP contribution in [0.5, 0.6) is 0 Å². The highest BCUT2D eigenvalue weighted by molar-refractivity contribution is 8.13. The number of hydrogen-bond donors (Lipinski definition) is 1. The Balaban J connectivity index is 1.68. The molecular weight excluding hydrogens is 342 g/mol. The first-order valence-electron chi connectivity index (χ1n) is 8.30. The van der Waals surface area contributed by atoms with E-state index in [-0.39, 0.29) is 6.54 Å². The molecule has 3 nitrogen and oxygen atoms in total. The van der Waals surface area contributed by atoms with E-state index in [9.17, 15) is 13.9 Å². The fourth-order valence-electron chi connectivity index (χ4n) is 3.51. The van der Waals surface area contributed by atoms with Crippen molar-refractivity contribution >= 4 is 16.9 Å². The zero-order chi connectivity index (χ0) is 17.4. The van der Waals surface area contributed by atoms with Gasteiger partial charge >= 0.3 is 11.7 Å². The van der Waals surface area contributed by atoms with Crippen molar-refractivity contribution in [1.29, 1.82) is 0 Å². The van der Waals surface area contributed by atoms with Gasteiger partial charge in [0.25, 0.3) is 5.72 Å². The number of aliphatic hydroxyl groups is 1. The Morgan fingerprint density at radius 3 is 2.40 bits per heavy atom. The quantitative estimate of drug-likeness (QED) is 0.669. The van der Waals surface area contributed by atoms with Crippen molar-refractivity contribution in [2.24, 2.45) is 0 Å². The second-order valence-corrected chi connectivity index (χ2v) is 7.38. The number of nitrogens with zero attached hydrogens (tertiary/aromatic N) is 2. The number of benzene rings is 2. The van der Waals surface area contributed by atoms with Gasteiger partial charge in [-0.2, -0.15) is 13.7 Å². The fraction of sp³-hybridized carbons (Fsp3) is 0.316. The van der Waals surface area contributed by atoms with Crippen LogP contribution < -0.4 is 0 Å². The van der Waals surface area contributed by atoms with Crippen LogP contribution in [0, 0.1) is 0 Å². The summed E-state index contributed by atoms with van der Waals surface area (Å²) in [6.45, 7) is -1.87. The highest BCUT2D eigenvalue weighted by Gasteiger charge is 2.57. The average molecular weight is 361 g/mol. The van der Waals surface area contributed by atoms with Crippen molar-refractivity contribution < 1.29 is 18.5 Å². The molecule has 0 spiro atoms. The van der Waals surface area contributed by atoms with Gasteiger partial charge in [0.05, 0.1) is 6.54 Å². The second-order valence-electron chi connectivity index (χ2n) is 6.31. The predicted octanol–water partition coefficient (Wildman–Crippen LogP) is 3.54. The molecule has 0 aliphatic carbocycles. The Morgan fingerprint density at radius 2 is 1.72 bits per heavy atom. The summed E-state index contributed by atoms with van der Waals surface area (Å²) in [5.74, 6) is 0.804. The lowest BCUT2D eigenvalue weighted by atomic mass is 9.98. The van der Waals surface area contributed by atoms with Gasteiger partial charge in [-0.25, -0.2) is 4.58 Å². The standard InChI is InChI=1S/C19H19F2N2OS/c20-17(21)23-18-22(11-4-12-25-18)13-19(23,24)16-9-7-15(8-10-16)14-5-2-1-3-6-14/h1-3,5-10,17,24H,4,11-13H2/q+1/t19-/m0/s1. The molecule has 0 saturated carbocycles. The van der Waals surface area contributed by atoms with Crippen molar-refractivity contribution in [2.75, 3.05) is 18.8 Å². The molecule has 4 rings (SSSR count). The van der Waals surface area contributed by atoms with Crippen LogP contribution in [0.3, 0.4) is 0 Å². The molecule has 0 fully saturated rings. The molecule has 2 heterocycles. The van der Waals surface area contributed by atoms with E-state index in [0.717, 1.165) is 28.2 Å². The van der Waals surface area contributed by atoms with Crippen LogP contribution >= 0.6 is 11.8 Å². The van der Waals surface area contributed by atoms with Crippen LogP contribution in [-0.4, -0.2) is 45.1 Å². The number of hydrogen-bond acceptors (Lipinski definition) is 3. The maximum absolute atomic E-state index is 13.7. The molecule has 0 radical (unpaired) electrons. The SMILES string of the molecule is O[C@]1(c2ccc(-c3ccccc3)cc2)C[N+]2=C(SCCC2)N1C(F)F. The van der Waals surface area contributed by atoms with Gasteiger partial charge in [0, 0.05) is 11.3 Å². The molecule has 0 amide bonds. The van der Waals surface area contributed by atoms with Crippen LogP contribution in [0.4, 0.5) is 8.78 Å². The van der Waals surface area contributed by atoms with Gasteiger partial charge in [0.15, 0.2) is 6.54 Å². The van der Waals surface area contributed by atoms with Crippen LogP contribution in [0.1, 0.15) is 12.0 Å². The van der Waals surface area contributed by atoms with Gasteiger partial charge in [0.2, 0.25) is 0 Å². The normalized spacial score (nSPS) is 23.3. The van der Waals surface area contributed by atoms with Crippen LogP contribution in [0.25, 0.3) is 11.1 Å². The van der Waals surface area contributed by atoms with E-state index in [1.807, 2.05) is 47.0 Å². The lowest BCUT2D eigenvalue weighted by Crippen LogP contribution is -2.49. The minimum atomic E-state index is -2.75. The van der Waals surface area contributed by atoms with Gasteiger partial charge in [-0.15, -0.1) is 0 Å². The van der Waals surface area contributed by atoms with E-state index in [0.29, 0.717) is 17.3 Å². The van der Waals surface area contributed by atoms with E-state index < -0.39 is 12.3 Å². The Hall–Kier alpha value is -1.92. The summed E-state index contributed by atoms with van der Waals surface area (Å²) < 4.78 is 29.3. The minimum Gasteiger partial charge on any atom is -0.346 e. The molecule has 1 N–H and O–H groups in total. The summed E-state index contributed by atoms with van der Waals surface area (Å²) in [5, 5.41) is 11.6. The summed E-state index contributed by atoms with van der Waals surface area (Å²) in [6.07, 6.45) is 0.939. The van der Waals surface area contributed by atoms with Crippen LogP contribution in [0.15, 0.2) is 54.6 Å². The predicted molar refractivity (Wildman–Crippen MR) is 95.7 cm³/mol. The van der Waals surface area contributed by atoms with Gasteiger partial charge < -0.3 is 5.11 Å². The highest BCUT2D eigenvalue weighted by Crippen LogP contribution is 2.38. The third-order valence-corrected chi connectivity index (χ3v) is 5.95. The fourth-order valence-corrected chi connectivity index (χ4v) is 4.67. The number of halogens is 2. The largest absolute Gasteiger partial charge is 0.386 e. The molecule has 2 aliphatic rings. The molecule has 6 heteroatoms. The van der Waals surface area contributed by atoms with Crippen molar-refractivity contribution in [3.63, 3.8) is 0 Å². The minimum absolute atomic E-state index is 0.171. The Morgan fingerprint density at radius 1 is 1.04 bits per heavy atom. The lowest BCUT2D eigenvalue weighted by Gasteiger charge is -2.27. The molecule has 2 aromatic carbocycles. The topological polar surface area (TPSA) is 26.5 Å². The summed E-state index contributed by atoms with van der Waals surface area (Å²) in [4.78, 5) is 0.869. The highest BCUT2D eigenvalue weighted by atomic mass is 32.2. The van der Waals surface area contributed by atoms with Crippen molar-refractivity contribution in [3.8, 4) is 11.1 Å². The molecule has 130 valence electrons. The monoisotopic (exact) mass is 361 g/mol. The number of rotatable bonds is 3. The Kier molecular flexibility index (Phi) is 4.25. The van der Waals surface area contributed by atoms with Crippen molar-refractivity contribution in [3.05, 3.63) is 60.2 Å². The first kappa shape index (κ1) is 16.5. The number of alkyl halides is 2. The molecule has 25 heavy (non-hydrogen) atoms. The Labute approximate surface area is 149 Å². The van der Waals surface area contributed by atoms with E-state index in [1.54, 1.807) is 12.1 Å². The van der Waals surface area contributed by atoms with Crippen molar-refractivity contribution in [2.45, 2.75) is 18.7 Å².